The summed E-state index contributed by atoms with van der Waals surface area (Å²) < 4.78 is 0. The van der Waals surface area contributed by atoms with Gasteiger partial charge in [0.25, 0.3) is 0 Å². The van der Waals surface area contributed by atoms with Crippen molar-refractivity contribution < 1.29 is 0 Å². The van der Waals surface area contributed by atoms with Crippen LogP contribution in [0.15, 0.2) is 42.5 Å². The Hall–Kier alpha value is -1.54. The molecule has 0 spiro atoms. The van der Waals surface area contributed by atoms with Gasteiger partial charge in [0.05, 0.1) is 0 Å². The fourth-order valence-electron chi connectivity index (χ4n) is 2.72. The van der Waals surface area contributed by atoms with Crippen molar-refractivity contribution in [1.82, 2.24) is 0 Å². The van der Waals surface area contributed by atoms with Gasteiger partial charge in [0.1, 0.15) is 0 Å². The summed E-state index contributed by atoms with van der Waals surface area (Å²) in [5.41, 5.74) is 7.19. The molecule has 0 heterocycles. The maximum atomic E-state index is 5.95. The Kier molecular flexibility index (Phi) is 2.73. The minimum absolute atomic E-state index is 0.377. The lowest BCUT2D eigenvalue weighted by molar-refractivity contribution is 0.688. The number of hydrogen-bond acceptors (Lipinski definition) is 2. The van der Waals surface area contributed by atoms with E-state index < -0.39 is 0 Å². The largest absolute Gasteiger partial charge is 0.382 e. The van der Waals surface area contributed by atoms with E-state index >= 15 is 0 Å². The first-order chi connectivity index (χ1) is 8.33. The highest BCUT2D eigenvalue weighted by molar-refractivity contribution is 5.93. The molecule has 2 atom stereocenters. The SMILES string of the molecule is NC1CCC(Nc2cccc3ccccc23)C1. The smallest absolute Gasteiger partial charge is 0.0422 e. The molecule has 0 radical (unpaired) electrons. The van der Waals surface area contributed by atoms with Crippen molar-refractivity contribution in [2.45, 2.75) is 31.3 Å². The predicted octanol–water partition coefficient (Wildman–Crippen LogP) is 3.13. The van der Waals surface area contributed by atoms with Gasteiger partial charge in [-0.1, -0.05) is 36.4 Å². The van der Waals surface area contributed by atoms with E-state index in [1.54, 1.807) is 0 Å². The van der Waals surface area contributed by atoms with Gasteiger partial charge in [-0.25, -0.2) is 0 Å². The van der Waals surface area contributed by atoms with Crippen LogP contribution in [0.3, 0.4) is 0 Å². The molecule has 0 aliphatic heterocycles. The number of rotatable bonds is 2. The minimum atomic E-state index is 0.377. The van der Waals surface area contributed by atoms with Gasteiger partial charge in [-0.3, -0.25) is 0 Å². The van der Waals surface area contributed by atoms with E-state index in [0.717, 1.165) is 12.8 Å². The maximum absolute atomic E-state index is 5.95. The molecule has 2 nitrogen and oxygen atoms in total. The molecule has 0 aromatic heterocycles. The van der Waals surface area contributed by atoms with Crippen molar-refractivity contribution in [3.05, 3.63) is 42.5 Å². The molecule has 0 amide bonds. The van der Waals surface area contributed by atoms with Crippen LogP contribution in [0.25, 0.3) is 10.8 Å². The number of nitrogens with one attached hydrogen (secondary N) is 1. The first kappa shape index (κ1) is 10.6. The third-order valence-corrected chi connectivity index (χ3v) is 3.62. The number of benzene rings is 2. The lowest BCUT2D eigenvalue weighted by atomic mass is 10.1. The molecule has 3 N–H and O–H groups in total. The third-order valence-electron chi connectivity index (χ3n) is 3.62. The first-order valence-corrected chi connectivity index (χ1v) is 6.33. The summed E-state index contributed by atoms with van der Waals surface area (Å²) in [5, 5.41) is 6.23. The monoisotopic (exact) mass is 226 g/mol. The predicted molar refractivity (Wildman–Crippen MR) is 73.2 cm³/mol. The van der Waals surface area contributed by atoms with E-state index in [0.29, 0.717) is 12.1 Å². The molecule has 17 heavy (non-hydrogen) atoms. The molecule has 2 aromatic rings. The molecule has 1 aliphatic carbocycles. The van der Waals surface area contributed by atoms with E-state index in [4.69, 9.17) is 5.73 Å². The normalized spacial score (nSPS) is 24.1. The van der Waals surface area contributed by atoms with Gasteiger partial charge in [-0.05, 0) is 30.7 Å². The molecule has 3 rings (SSSR count). The van der Waals surface area contributed by atoms with Gasteiger partial charge in [0.15, 0.2) is 0 Å². The molecule has 2 heteroatoms. The maximum Gasteiger partial charge on any atom is 0.0422 e. The molecular formula is C15H18N2. The molecule has 0 saturated heterocycles. The van der Waals surface area contributed by atoms with Crippen LogP contribution in [-0.2, 0) is 0 Å². The molecule has 0 bridgehead atoms. The van der Waals surface area contributed by atoms with Crippen LogP contribution in [0.5, 0.6) is 0 Å². The van der Waals surface area contributed by atoms with E-state index in [9.17, 15) is 0 Å². The van der Waals surface area contributed by atoms with E-state index in [-0.39, 0.29) is 0 Å². The zero-order valence-corrected chi connectivity index (χ0v) is 9.89. The summed E-state index contributed by atoms with van der Waals surface area (Å²) in [6.45, 7) is 0. The molecule has 2 unspecified atom stereocenters. The van der Waals surface area contributed by atoms with Crippen LogP contribution in [0, 0.1) is 0 Å². The van der Waals surface area contributed by atoms with Crippen molar-refractivity contribution in [2.75, 3.05) is 5.32 Å². The second kappa shape index (κ2) is 4.38. The number of hydrogen-bond donors (Lipinski definition) is 2. The summed E-state index contributed by atoms with van der Waals surface area (Å²) in [4.78, 5) is 0. The highest BCUT2D eigenvalue weighted by Crippen LogP contribution is 2.27. The number of anilines is 1. The van der Waals surface area contributed by atoms with Crippen molar-refractivity contribution in [2.24, 2.45) is 5.73 Å². The molecule has 2 aromatic carbocycles. The zero-order chi connectivity index (χ0) is 11.7. The van der Waals surface area contributed by atoms with Crippen LogP contribution in [0.2, 0.25) is 0 Å². The van der Waals surface area contributed by atoms with Gasteiger partial charge in [0.2, 0.25) is 0 Å². The van der Waals surface area contributed by atoms with E-state index in [2.05, 4.69) is 47.8 Å². The lowest BCUT2D eigenvalue weighted by Crippen LogP contribution is -2.20. The molecule has 1 aliphatic rings. The number of fused-ring (bicyclic) bond motifs is 1. The van der Waals surface area contributed by atoms with Crippen molar-refractivity contribution in [3.63, 3.8) is 0 Å². The standard InChI is InChI=1S/C15H18N2/c16-12-8-9-13(10-12)17-15-7-3-5-11-4-1-2-6-14(11)15/h1-7,12-13,17H,8-10,16H2. The first-order valence-electron chi connectivity index (χ1n) is 6.33. The van der Waals surface area contributed by atoms with Gasteiger partial charge < -0.3 is 11.1 Å². The van der Waals surface area contributed by atoms with Crippen LogP contribution >= 0.6 is 0 Å². The van der Waals surface area contributed by atoms with Gasteiger partial charge in [-0.2, -0.15) is 0 Å². The summed E-state index contributed by atoms with van der Waals surface area (Å²) >= 11 is 0. The van der Waals surface area contributed by atoms with E-state index in [1.165, 1.54) is 22.9 Å². The molecular weight excluding hydrogens is 208 g/mol. The van der Waals surface area contributed by atoms with Gasteiger partial charge >= 0.3 is 0 Å². The highest BCUT2D eigenvalue weighted by atomic mass is 14.9. The minimum Gasteiger partial charge on any atom is -0.382 e. The Morgan fingerprint density at radius 3 is 2.65 bits per heavy atom. The average Bonchev–Trinajstić information content (AvgIpc) is 2.75. The molecule has 88 valence electrons. The number of nitrogens with two attached hydrogens (primary N) is 1. The average molecular weight is 226 g/mol. The van der Waals surface area contributed by atoms with Crippen molar-refractivity contribution in [1.29, 1.82) is 0 Å². The Balaban J connectivity index is 1.90. The van der Waals surface area contributed by atoms with Crippen LogP contribution in [-0.4, -0.2) is 12.1 Å². The fraction of sp³-hybridized carbons (Fsp3) is 0.333. The quantitative estimate of drug-likeness (QED) is 0.825. The van der Waals surface area contributed by atoms with Crippen LogP contribution in [0.1, 0.15) is 19.3 Å². The second-order valence-corrected chi connectivity index (χ2v) is 4.94. The van der Waals surface area contributed by atoms with Gasteiger partial charge in [-0.15, -0.1) is 0 Å². The van der Waals surface area contributed by atoms with Crippen molar-refractivity contribution in [3.8, 4) is 0 Å². The Morgan fingerprint density at radius 2 is 1.82 bits per heavy atom. The Labute approximate surface area is 102 Å². The van der Waals surface area contributed by atoms with Crippen LogP contribution < -0.4 is 11.1 Å². The summed E-state index contributed by atoms with van der Waals surface area (Å²) in [7, 11) is 0. The fourth-order valence-corrected chi connectivity index (χ4v) is 2.72. The highest BCUT2D eigenvalue weighted by Gasteiger charge is 2.21. The second-order valence-electron chi connectivity index (χ2n) is 4.94. The Bertz CT molecular complexity index is 516. The molecule has 1 saturated carbocycles. The zero-order valence-electron chi connectivity index (χ0n) is 9.89. The van der Waals surface area contributed by atoms with Crippen molar-refractivity contribution >= 4 is 16.5 Å². The Morgan fingerprint density at radius 1 is 1.00 bits per heavy atom. The summed E-state index contributed by atoms with van der Waals surface area (Å²) in [5.74, 6) is 0. The summed E-state index contributed by atoms with van der Waals surface area (Å²) in [6, 6.07) is 15.8. The topological polar surface area (TPSA) is 38.0 Å². The third kappa shape index (κ3) is 2.13. The lowest BCUT2D eigenvalue weighted by Gasteiger charge is -2.15. The van der Waals surface area contributed by atoms with Gasteiger partial charge in [0, 0.05) is 23.2 Å². The van der Waals surface area contributed by atoms with Crippen LogP contribution in [0.4, 0.5) is 5.69 Å². The molecule has 1 fully saturated rings. The van der Waals surface area contributed by atoms with E-state index in [1.807, 2.05) is 0 Å². The summed E-state index contributed by atoms with van der Waals surface area (Å²) in [6.07, 6.45) is 3.41.